The Morgan fingerprint density at radius 2 is 1.95 bits per heavy atom. The molecule has 21 heavy (non-hydrogen) atoms. The molecule has 0 saturated carbocycles. The van der Waals surface area contributed by atoms with Gasteiger partial charge >= 0.3 is 5.97 Å². The van der Waals surface area contributed by atoms with Crippen molar-refractivity contribution in [3.8, 4) is 5.69 Å². The highest BCUT2D eigenvalue weighted by Crippen LogP contribution is 2.23. The van der Waals surface area contributed by atoms with E-state index in [1.807, 2.05) is 0 Å². The third kappa shape index (κ3) is 2.14. The van der Waals surface area contributed by atoms with Gasteiger partial charge in [-0.15, -0.1) is 0 Å². The van der Waals surface area contributed by atoms with Gasteiger partial charge in [0, 0.05) is 6.07 Å². The number of aromatic carboxylic acids is 1. The standard InChI is InChI=1S/C15H10F2N2O2/c1-8-4-11(17)14(6-10(8)16)19-7-18-12-5-9(15(20)21)2-3-13(12)19/h2-7H,1H3,(H,20,21). The van der Waals surface area contributed by atoms with Crippen LogP contribution in [0.3, 0.4) is 0 Å². The molecule has 0 radical (unpaired) electrons. The number of carbonyl (C=O) groups is 1. The van der Waals surface area contributed by atoms with Crippen LogP contribution in [0.2, 0.25) is 0 Å². The van der Waals surface area contributed by atoms with Crippen molar-refractivity contribution in [1.29, 1.82) is 0 Å². The monoisotopic (exact) mass is 288 g/mol. The second kappa shape index (κ2) is 4.66. The zero-order valence-corrected chi connectivity index (χ0v) is 11.0. The summed E-state index contributed by atoms with van der Waals surface area (Å²) in [6.45, 7) is 1.48. The maximum Gasteiger partial charge on any atom is 0.335 e. The summed E-state index contributed by atoms with van der Waals surface area (Å²) in [6, 6.07) is 6.50. The summed E-state index contributed by atoms with van der Waals surface area (Å²) < 4.78 is 29.1. The van der Waals surface area contributed by atoms with E-state index in [0.29, 0.717) is 11.0 Å². The lowest BCUT2D eigenvalue weighted by atomic mass is 10.2. The number of hydrogen-bond acceptors (Lipinski definition) is 2. The number of carboxylic acid groups (broad SMARTS) is 1. The molecular formula is C15H10F2N2O2. The van der Waals surface area contributed by atoms with Crippen molar-refractivity contribution >= 4 is 17.0 Å². The van der Waals surface area contributed by atoms with E-state index in [9.17, 15) is 13.6 Å². The average Bonchev–Trinajstić information content (AvgIpc) is 2.85. The predicted molar refractivity (Wildman–Crippen MR) is 72.7 cm³/mol. The zero-order chi connectivity index (χ0) is 15.1. The Bertz CT molecular complexity index is 871. The van der Waals surface area contributed by atoms with Gasteiger partial charge in [0.25, 0.3) is 0 Å². The van der Waals surface area contributed by atoms with Crippen molar-refractivity contribution in [3.63, 3.8) is 0 Å². The molecule has 2 aromatic carbocycles. The Kier molecular flexibility index (Phi) is 2.94. The number of hydrogen-bond donors (Lipinski definition) is 1. The maximum atomic E-state index is 14.0. The van der Waals surface area contributed by atoms with Crippen LogP contribution < -0.4 is 0 Å². The van der Waals surface area contributed by atoms with Gasteiger partial charge in [0.1, 0.15) is 18.0 Å². The Hall–Kier alpha value is -2.76. The lowest BCUT2D eigenvalue weighted by molar-refractivity contribution is 0.0697. The van der Waals surface area contributed by atoms with Crippen LogP contribution in [0.4, 0.5) is 8.78 Å². The molecule has 0 fully saturated rings. The molecule has 0 aliphatic rings. The third-order valence-corrected chi connectivity index (χ3v) is 3.28. The zero-order valence-electron chi connectivity index (χ0n) is 11.0. The van der Waals surface area contributed by atoms with Gasteiger partial charge in [-0.25, -0.2) is 18.6 Å². The Morgan fingerprint density at radius 3 is 2.67 bits per heavy atom. The van der Waals surface area contributed by atoms with Crippen molar-refractivity contribution in [2.75, 3.05) is 0 Å². The smallest absolute Gasteiger partial charge is 0.335 e. The van der Waals surface area contributed by atoms with E-state index in [-0.39, 0.29) is 16.8 Å². The predicted octanol–water partition coefficient (Wildman–Crippen LogP) is 3.31. The minimum Gasteiger partial charge on any atom is -0.478 e. The average molecular weight is 288 g/mol. The summed E-state index contributed by atoms with van der Waals surface area (Å²) in [6.07, 6.45) is 1.34. The molecule has 0 atom stereocenters. The fourth-order valence-corrected chi connectivity index (χ4v) is 2.16. The summed E-state index contributed by atoms with van der Waals surface area (Å²) in [5, 5.41) is 8.93. The van der Waals surface area contributed by atoms with Crippen molar-refractivity contribution in [1.82, 2.24) is 9.55 Å². The van der Waals surface area contributed by atoms with E-state index in [0.717, 1.165) is 12.1 Å². The SMILES string of the molecule is Cc1cc(F)c(-n2cnc3cc(C(=O)O)ccc32)cc1F. The lowest BCUT2D eigenvalue weighted by Gasteiger charge is -2.07. The summed E-state index contributed by atoms with van der Waals surface area (Å²) in [5.74, 6) is -2.16. The number of halogens is 2. The summed E-state index contributed by atoms with van der Waals surface area (Å²) >= 11 is 0. The molecule has 0 unspecified atom stereocenters. The molecule has 0 aliphatic heterocycles. The van der Waals surface area contributed by atoms with Crippen LogP contribution in [0.1, 0.15) is 15.9 Å². The number of carboxylic acids is 1. The maximum absolute atomic E-state index is 14.0. The Labute approximate surface area is 118 Å². The van der Waals surface area contributed by atoms with Crippen LogP contribution in [0.25, 0.3) is 16.7 Å². The molecule has 1 N–H and O–H groups in total. The molecule has 1 heterocycles. The first-order valence-corrected chi connectivity index (χ1v) is 6.14. The lowest BCUT2D eigenvalue weighted by Crippen LogP contribution is -2.00. The van der Waals surface area contributed by atoms with E-state index in [1.54, 1.807) is 0 Å². The highest BCUT2D eigenvalue weighted by atomic mass is 19.1. The molecule has 0 amide bonds. The third-order valence-electron chi connectivity index (χ3n) is 3.28. The molecule has 0 spiro atoms. The van der Waals surface area contributed by atoms with Gasteiger partial charge in [-0.2, -0.15) is 0 Å². The van der Waals surface area contributed by atoms with Crippen molar-refractivity contribution in [2.45, 2.75) is 6.92 Å². The minimum atomic E-state index is -1.07. The highest BCUT2D eigenvalue weighted by Gasteiger charge is 2.13. The Balaban J connectivity index is 2.22. The first-order valence-electron chi connectivity index (χ1n) is 6.14. The van der Waals surface area contributed by atoms with Gasteiger partial charge in [-0.05, 0) is 36.8 Å². The molecule has 3 aromatic rings. The van der Waals surface area contributed by atoms with Crippen molar-refractivity contribution in [3.05, 3.63) is 59.4 Å². The quantitative estimate of drug-likeness (QED) is 0.787. The number of aromatic nitrogens is 2. The van der Waals surface area contributed by atoms with E-state index < -0.39 is 17.6 Å². The van der Waals surface area contributed by atoms with Crippen LogP contribution >= 0.6 is 0 Å². The van der Waals surface area contributed by atoms with Crippen molar-refractivity contribution < 1.29 is 18.7 Å². The fraction of sp³-hybridized carbons (Fsp3) is 0.0667. The number of fused-ring (bicyclic) bond motifs is 1. The number of rotatable bonds is 2. The van der Waals surface area contributed by atoms with Crippen LogP contribution in [0.5, 0.6) is 0 Å². The van der Waals surface area contributed by atoms with E-state index in [2.05, 4.69) is 4.98 Å². The van der Waals surface area contributed by atoms with E-state index in [4.69, 9.17) is 5.11 Å². The second-order valence-electron chi connectivity index (χ2n) is 4.68. The number of nitrogens with zero attached hydrogens (tertiary/aromatic N) is 2. The van der Waals surface area contributed by atoms with Crippen LogP contribution in [0.15, 0.2) is 36.7 Å². The van der Waals surface area contributed by atoms with Crippen LogP contribution in [-0.2, 0) is 0 Å². The molecule has 0 aliphatic carbocycles. The molecule has 6 heteroatoms. The largest absolute Gasteiger partial charge is 0.478 e. The topological polar surface area (TPSA) is 55.1 Å². The molecule has 1 aromatic heterocycles. The normalized spacial score (nSPS) is 11.0. The van der Waals surface area contributed by atoms with Gasteiger partial charge in [-0.3, -0.25) is 4.57 Å². The van der Waals surface area contributed by atoms with Gasteiger partial charge in [0.2, 0.25) is 0 Å². The van der Waals surface area contributed by atoms with Crippen LogP contribution in [0, 0.1) is 18.6 Å². The van der Waals surface area contributed by atoms with E-state index >= 15 is 0 Å². The first kappa shape index (κ1) is 13.2. The minimum absolute atomic E-state index is 0.0312. The number of imidazole rings is 1. The van der Waals surface area contributed by atoms with Gasteiger partial charge in [-0.1, -0.05) is 0 Å². The second-order valence-corrected chi connectivity index (χ2v) is 4.68. The van der Waals surface area contributed by atoms with Gasteiger partial charge in [0.05, 0.1) is 22.3 Å². The number of benzene rings is 2. The first-order chi connectivity index (χ1) is 9.97. The summed E-state index contributed by atoms with van der Waals surface area (Å²) in [5.41, 5.74) is 1.23. The Morgan fingerprint density at radius 1 is 1.19 bits per heavy atom. The summed E-state index contributed by atoms with van der Waals surface area (Å²) in [7, 11) is 0. The highest BCUT2D eigenvalue weighted by molar-refractivity contribution is 5.92. The van der Waals surface area contributed by atoms with Gasteiger partial charge in [0.15, 0.2) is 0 Å². The molecular weight excluding hydrogens is 278 g/mol. The fourth-order valence-electron chi connectivity index (χ4n) is 2.16. The summed E-state index contributed by atoms with van der Waals surface area (Å²) in [4.78, 5) is 15.0. The molecule has 4 nitrogen and oxygen atoms in total. The molecule has 106 valence electrons. The molecule has 0 bridgehead atoms. The van der Waals surface area contributed by atoms with Crippen molar-refractivity contribution in [2.24, 2.45) is 0 Å². The van der Waals surface area contributed by atoms with Gasteiger partial charge < -0.3 is 5.11 Å². The molecule has 0 saturated heterocycles. The van der Waals surface area contributed by atoms with Crippen LogP contribution in [-0.4, -0.2) is 20.6 Å². The molecule has 3 rings (SSSR count). The van der Waals surface area contributed by atoms with E-state index in [1.165, 1.54) is 36.0 Å². The number of aryl methyl sites for hydroxylation is 1.